The summed E-state index contributed by atoms with van der Waals surface area (Å²) in [6.45, 7) is 0. The van der Waals surface area contributed by atoms with Gasteiger partial charge in [0.1, 0.15) is 11.1 Å². The molecule has 0 N–H and O–H groups in total. The summed E-state index contributed by atoms with van der Waals surface area (Å²) < 4.78 is 171. The molecule has 0 unspecified atom stereocenters. The van der Waals surface area contributed by atoms with E-state index in [-0.39, 0.29) is 12.1 Å². The third-order valence-electron chi connectivity index (χ3n) is 2.79. The lowest BCUT2D eigenvalue weighted by molar-refractivity contribution is -0.150. The molecule has 0 aliphatic rings. The fourth-order valence-corrected chi connectivity index (χ4v) is 1.63. The van der Waals surface area contributed by atoms with Crippen LogP contribution in [0.4, 0.5) is 61.5 Å². The van der Waals surface area contributed by atoms with E-state index in [4.69, 9.17) is 0 Å². The maximum Gasteiger partial charge on any atom is 0.422 e. The summed E-state index contributed by atoms with van der Waals surface area (Å²) in [7, 11) is 0. The largest absolute Gasteiger partial charge is 0.422 e. The van der Waals surface area contributed by atoms with Gasteiger partial charge in [-0.25, -0.2) is 35.1 Å². The Morgan fingerprint density at radius 3 is 0.714 bits per heavy atom. The van der Waals surface area contributed by atoms with Crippen LogP contribution in [0.5, 0.6) is 0 Å². The van der Waals surface area contributed by atoms with Gasteiger partial charge in [0.25, 0.3) is 0 Å². The summed E-state index contributed by atoms with van der Waals surface area (Å²) in [5.74, 6) is -18.1. The first-order valence-electron chi connectivity index (χ1n) is 6.30. The quantitative estimate of drug-likeness (QED) is 0.326. The number of benzene rings is 2. The van der Waals surface area contributed by atoms with Gasteiger partial charge in [0.05, 0.1) is 0 Å². The van der Waals surface area contributed by atoms with Crippen molar-refractivity contribution in [1.82, 2.24) is 0 Å². The van der Waals surface area contributed by atoms with Crippen LogP contribution in [0, 0.1) is 46.5 Å². The maximum atomic E-state index is 12.7. The summed E-state index contributed by atoms with van der Waals surface area (Å²) in [5, 5.41) is 0. The summed E-state index contributed by atoms with van der Waals surface area (Å²) in [6, 6.07) is 0.315. The normalized spacial score (nSPS) is 11.9. The molecule has 0 aliphatic carbocycles. The molecule has 0 nitrogen and oxygen atoms in total. The van der Waals surface area contributed by atoms with Crippen LogP contribution < -0.4 is 0 Å². The number of hydrogen-bond acceptors (Lipinski definition) is 0. The zero-order valence-corrected chi connectivity index (χ0v) is 12.4. The Labute approximate surface area is 145 Å². The molecule has 0 atom stereocenters. The van der Waals surface area contributed by atoms with Crippen LogP contribution in [0.3, 0.4) is 0 Å². The fraction of sp³-hybridized carbons (Fsp3) is 0.143. The molecule has 28 heavy (non-hydrogen) atoms. The lowest BCUT2D eigenvalue weighted by Crippen LogP contribution is -2.21. The van der Waals surface area contributed by atoms with Crippen molar-refractivity contribution in [2.45, 2.75) is 12.4 Å². The van der Waals surface area contributed by atoms with Crippen LogP contribution in [0.2, 0.25) is 0 Å². The predicted octanol–water partition coefficient (Wildman–Crippen LogP) is 6.52. The molecule has 0 aromatic heterocycles. The van der Waals surface area contributed by atoms with Gasteiger partial charge in [-0.05, 0) is 0 Å². The van der Waals surface area contributed by atoms with Crippen LogP contribution in [0.25, 0.3) is 0 Å². The topological polar surface area (TPSA) is 0 Å². The SMILES string of the molecule is Fc1c(F)c(C(F)(F)F)c(F)c(F)c1C(F)(F)F.Fc1cc(F)c(F)cc1F. The highest BCUT2D eigenvalue weighted by Gasteiger charge is 2.47. The van der Waals surface area contributed by atoms with Crippen molar-refractivity contribution >= 4 is 0 Å². The van der Waals surface area contributed by atoms with E-state index >= 15 is 0 Å². The van der Waals surface area contributed by atoms with Crippen molar-refractivity contribution < 1.29 is 61.5 Å². The second-order valence-corrected chi connectivity index (χ2v) is 4.68. The van der Waals surface area contributed by atoms with Crippen LogP contribution >= 0.6 is 0 Å². The standard InChI is InChI=1S/C8F10.C6H2F4/c9-3-1(7(13,14)15)4(10)6(12)2(5(3)11)8(16,17)18;7-3-1-4(8)6(10)2-5(3)9/h;1-2H. The van der Waals surface area contributed by atoms with E-state index in [9.17, 15) is 61.5 Å². The molecule has 14 heteroatoms. The first-order chi connectivity index (χ1) is 12.5. The van der Waals surface area contributed by atoms with Crippen molar-refractivity contribution in [2.24, 2.45) is 0 Å². The number of alkyl halides is 6. The van der Waals surface area contributed by atoms with Gasteiger partial charge < -0.3 is 0 Å². The van der Waals surface area contributed by atoms with Gasteiger partial charge in [0.15, 0.2) is 46.5 Å². The molecule has 156 valence electrons. The second kappa shape index (κ2) is 7.83. The third kappa shape index (κ3) is 4.84. The van der Waals surface area contributed by atoms with Gasteiger partial charge in [-0.3, -0.25) is 0 Å². The van der Waals surface area contributed by atoms with Gasteiger partial charge in [0, 0.05) is 12.1 Å². The molecule has 2 rings (SSSR count). The van der Waals surface area contributed by atoms with Crippen LogP contribution in [0.1, 0.15) is 11.1 Å². The molecule has 0 bridgehead atoms. The van der Waals surface area contributed by atoms with Crippen LogP contribution in [-0.2, 0) is 12.4 Å². The maximum absolute atomic E-state index is 12.7. The molecular weight excluding hydrogens is 434 g/mol. The third-order valence-corrected chi connectivity index (χ3v) is 2.79. The molecule has 0 aliphatic heterocycles. The van der Waals surface area contributed by atoms with Gasteiger partial charge in [0.2, 0.25) is 0 Å². The molecule has 0 radical (unpaired) electrons. The van der Waals surface area contributed by atoms with Crippen molar-refractivity contribution in [1.29, 1.82) is 0 Å². The van der Waals surface area contributed by atoms with E-state index in [1.807, 2.05) is 0 Å². The first kappa shape index (κ1) is 23.5. The molecule has 0 fully saturated rings. The van der Waals surface area contributed by atoms with Crippen molar-refractivity contribution in [2.75, 3.05) is 0 Å². The highest BCUT2D eigenvalue weighted by atomic mass is 19.4. The molecule has 0 heterocycles. The Balaban J connectivity index is 0.000000330. The average Bonchev–Trinajstić information content (AvgIpc) is 2.49. The van der Waals surface area contributed by atoms with E-state index in [1.54, 1.807) is 0 Å². The van der Waals surface area contributed by atoms with Crippen molar-refractivity contribution in [3.8, 4) is 0 Å². The van der Waals surface area contributed by atoms with Gasteiger partial charge >= 0.3 is 12.4 Å². The second-order valence-electron chi connectivity index (χ2n) is 4.68. The lowest BCUT2D eigenvalue weighted by Gasteiger charge is -2.15. The predicted molar refractivity (Wildman–Crippen MR) is 62.6 cm³/mol. The summed E-state index contributed by atoms with van der Waals surface area (Å²) in [4.78, 5) is 0. The van der Waals surface area contributed by atoms with Crippen molar-refractivity contribution in [3.05, 3.63) is 69.8 Å². The minimum Gasteiger partial charge on any atom is -0.204 e. The molecule has 2 aromatic rings. The van der Waals surface area contributed by atoms with E-state index < -0.39 is 70.0 Å². The number of rotatable bonds is 0. The molecule has 0 saturated carbocycles. The van der Waals surface area contributed by atoms with Gasteiger partial charge in [-0.15, -0.1) is 0 Å². The molecule has 0 spiro atoms. The molecule has 2 aromatic carbocycles. The number of halogens is 14. The average molecular weight is 436 g/mol. The number of hydrogen-bond donors (Lipinski definition) is 0. The molecule has 0 saturated heterocycles. The summed E-state index contributed by atoms with van der Waals surface area (Å²) in [6.07, 6.45) is -11.8. The fourth-order valence-electron chi connectivity index (χ4n) is 1.63. The van der Waals surface area contributed by atoms with Crippen LogP contribution in [0.15, 0.2) is 12.1 Å². The van der Waals surface area contributed by atoms with E-state index in [0.29, 0.717) is 0 Å². The Hall–Kier alpha value is -2.54. The molecule has 0 amide bonds. The van der Waals surface area contributed by atoms with Crippen molar-refractivity contribution in [3.63, 3.8) is 0 Å². The Bertz CT molecular complexity index is 753. The highest BCUT2D eigenvalue weighted by molar-refractivity contribution is 5.33. The van der Waals surface area contributed by atoms with Gasteiger partial charge in [-0.1, -0.05) is 0 Å². The summed E-state index contributed by atoms with van der Waals surface area (Å²) in [5.41, 5.74) is -6.10. The van der Waals surface area contributed by atoms with E-state index in [2.05, 4.69) is 0 Å². The smallest absolute Gasteiger partial charge is 0.204 e. The van der Waals surface area contributed by atoms with Gasteiger partial charge in [-0.2, -0.15) is 26.3 Å². The Morgan fingerprint density at radius 2 is 0.571 bits per heavy atom. The minimum atomic E-state index is -5.88. The zero-order valence-electron chi connectivity index (χ0n) is 12.4. The molecular formula is C14H2F14. The summed E-state index contributed by atoms with van der Waals surface area (Å²) >= 11 is 0. The van der Waals surface area contributed by atoms with E-state index in [1.165, 1.54) is 0 Å². The lowest BCUT2D eigenvalue weighted by atomic mass is 10.1. The first-order valence-corrected chi connectivity index (χ1v) is 6.30. The minimum absolute atomic E-state index is 0.157. The Kier molecular flexibility index (Phi) is 6.57. The Morgan fingerprint density at radius 1 is 0.393 bits per heavy atom. The van der Waals surface area contributed by atoms with Crippen LogP contribution in [-0.4, -0.2) is 0 Å². The zero-order chi connectivity index (χ0) is 22.2. The highest BCUT2D eigenvalue weighted by Crippen LogP contribution is 2.41. The monoisotopic (exact) mass is 436 g/mol. The van der Waals surface area contributed by atoms with E-state index in [0.717, 1.165) is 0 Å².